The van der Waals surface area contributed by atoms with Crippen LogP contribution in [0.15, 0.2) is 12.1 Å². The smallest absolute Gasteiger partial charge is 0.339 e. The average Bonchev–Trinajstić information content (AvgIpc) is 2.45. The molecule has 0 aliphatic heterocycles. The van der Waals surface area contributed by atoms with Gasteiger partial charge in [-0.1, -0.05) is 11.6 Å². The summed E-state index contributed by atoms with van der Waals surface area (Å²) in [5.74, 6) is -1.40. The molecule has 8 heteroatoms. The Balaban J connectivity index is 3.11. The summed E-state index contributed by atoms with van der Waals surface area (Å²) in [5, 5.41) is 19.9. The third-order valence-electron chi connectivity index (χ3n) is 2.86. The van der Waals surface area contributed by atoms with Crippen molar-refractivity contribution >= 4 is 29.2 Å². The fourth-order valence-electron chi connectivity index (χ4n) is 1.69. The van der Waals surface area contributed by atoms with Crippen LogP contribution < -0.4 is 5.73 Å². The molecule has 2 unspecified atom stereocenters. The molecule has 1 aromatic carbocycles. The molecule has 1 rings (SSSR count). The second-order valence-electron chi connectivity index (χ2n) is 4.24. The monoisotopic (exact) mass is 317 g/mol. The molecule has 0 heterocycles. The molecule has 0 bridgehead atoms. The number of aliphatic hydroxyl groups is 2. The van der Waals surface area contributed by atoms with Gasteiger partial charge in [-0.3, -0.25) is 4.79 Å². The van der Waals surface area contributed by atoms with Crippen LogP contribution in [0.4, 0.5) is 5.69 Å². The van der Waals surface area contributed by atoms with E-state index < -0.39 is 30.6 Å². The first-order valence-electron chi connectivity index (χ1n) is 5.92. The summed E-state index contributed by atoms with van der Waals surface area (Å²) in [6, 6.07) is 2.48. The van der Waals surface area contributed by atoms with Gasteiger partial charge in [-0.05, 0) is 12.1 Å². The molecule has 0 saturated heterocycles. The molecule has 2 atom stereocenters. The minimum Gasteiger partial charge on any atom is -0.469 e. The van der Waals surface area contributed by atoms with Gasteiger partial charge < -0.3 is 25.4 Å². The molecule has 0 aliphatic carbocycles. The molecule has 0 amide bonds. The number of hydrogen-bond donors (Lipinski definition) is 3. The molecule has 7 nitrogen and oxygen atoms in total. The molecule has 0 aromatic heterocycles. The van der Waals surface area contributed by atoms with E-state index in [4.69, 9.17) is 17.3 Å². The predicted octanol–water partition coefficient (Wildman–Crippen LogP) is 0.666. The molecular formula is C13H16ClNO6. The van der Waals surface area contributed by atoms with Crippen LogP contribution in [0.2, 0.25) is 5.02 Å². The zero-order valence-electron chi connectivity index (χ0n) is 11.5. The van der Waals surface area contributed by atoms with Crippen LogP contribution in [0.5, 0.6) is 0 Å². The van der Waals surface area contributed by atoms with Crippen LogP contribution in [-0.2, 0) is 14.3 Å². The van der Waals surface area contributed by atoms with Crippen molar-refractivity contribution in [3.63, 3.8) is 0 Å². The van der Waals surface area contributed by atoms with E-state index in [-0.39, 0.29) is 21.8 Å². The normalized spacial score (nSPS) is 13.4. The van der Waals surface area contributed by atoms with Crippen LogP contribution in [0.3, 0.4) is 0 Å². The molecule has 116 valence electrons. The Hall–Kier alpha value is -1.83. The molecule has 0 saturated carbocycles. The molecule has 0 spiro atoms. The average molecular weight is 318 g/mol. The van der Waals surface area contributed by atoms with Gasteiger partial charge in [0.05, 0.1) is 32.3 Å². The highest BCUT2D eigenvalue weighted by Crippen LogP contribution is 2.31. The van der Waals surface area contributed by atoms with Crippen molar-refractivity contribution in [3.8, 4) is 0 Å². The highest BCUT2D eigenvalue weighted by Gasteiger charge is 2.26. The topological polar surface area (TPSA) is 119 Å². The van der Waals surface area contributed by atoms with E-state index in [1.807, 2.05) is 0 Å². The van der Waals surface area contributed by atoms with Gasteiger partial charge in [0.15, 0.2) is 0 Å². The summed E-state index contributed by atoms with van der Waals surface area (Å²) in [6.45, 7) is 0. The Morgan fingerprint density at radius 1 is 1.29 bits per heavy atom. The minimum atomic E-state index is -1.49. The standard InChI is InChI=1S/C13H16ClNO6/c1-20-11(17)5-10(16)12(18)6-3-7(13(19)21-2)9(15)4-8(6)14/h3-4,10,12,16,18H,5,15H2,1-2H3. The molecular weight excluding hydrogens is 302 g/mol. The molecule has 0 fully saturated rings. The summed E-state index contributed by atoms with van der Waals surface area (Å²) in [4.78, 5) is 22.6. The van der Waals surface area contributed by atoms with Crippen LogP contribution in [0, 0.1) is 0 Å². The Morgan fingerprint density at radius 2 is 1.90 bits per heavy atom. The fourth-order valence-corrected chi connectivity index (χ4v) is 1.98. The van der Waals surface area contributed by atoms with Crippen molar-refractivity contribution in [1.29, 1.82) is 0 Å². The van der Waals surface area contributed by atoms with Gasteiger partial charge >= 0.3 is 11.9 Å². The van der Waals surface area contributed by atoms with Gasteiger partial charge in [0.1, 0.15) is 6.10 Å². The predicted molar refractivity (Wildman–Crippen MR) is 74.8 cm³/mol. The molecule has 0 radical (unpaired) electrons. The summed E-state index contributed by atoms with van der Waals surface area (Å²) in [6.07, 6.45) is -3.35. The van der Waals surface area contributed by atoms with E-state index in [9.17, 15) is 19.8 Å². The van der Waals surface area contributed by atoms with Crippen molar-refractivity contribution in [2.24, 2.45) is 0 Å². The van der Waals surface area contributed by atoms with E-state index in [1.54, 1.807) is 0 Å². The van der Waals surface area contributed by atoms with Crippen LogP contribution >= 0.6 is 11.6 Å². The first-order chi connectivity index (χ1) is 9.81. The van der Waals surface area contributed by atoms with Crippen molar-refractivity contribution < 1.29 is 29.3 Å². The second-order valence-corrected chi connectivity index (χ2v) is 4.65. The summed E-state index contributed by atoms with van der Waals surface area (Å²) in [7, 11) is 2.34. The second kappa shape index (κ2) is 7.26. The third-order valence-corrected chi connectivity index (χ3v) is 3.19. The number of ether oxygens (including phenoxy) is 2. The lowest BCUT2D eigenvalue weighted by atomic mass is 9.99. The molecule has 1 aromatic rings. The lowest BCUT2D eigenvalue weighted by Crippen LogP contribution is -2.23. The van der Waals surface area contributed by atoms with E-state index in [0.717, 1.165) is 7.11 Å². The number of aliphatic hydroxyl groups excluding tert-OH is 2. The number of carbonyl (C=O) groups is 2. The maximum atomic E-state index is 11.6. The van der Waals surface area contributed by atoms with E-state index in [2.05, 4.69) is 9.47 Å². The summed E-state index contributed by atoms with van der Waals surface area (Å²) in [5.41, 5.74) is 5.78. The van der Waals surface area contributed by atoms with Gasteiger partial charge in [-0.15, -0.1) is 0 Å². The van der Waals surface area contributed by atoms with Crippen molar-refractivity contribution in [3.05, 3.63) is 28.3 Å². The van der Waals surface area contributed by atoms with E-state index in [0.29, 0.717) is 0 Å². The first-order valence-corrected chi connectivity index (χ1v) is 6.29. The highest BCUT2D eigenvalue weighted by molar-refractivity contribution is 6.32. The molecule has 4 N–H and O–H groups in total. The number of esters is 2. The lowest BCUT2D eigenvalue weighted by molar-refractivity contribution is -0.144. The Morgan fingerprint density at radius 3 is 2.43 bits per heavy atom. The number of carbonyl (C=O) groups excluding carboxylic acids is 2. The van der Waals surface area contributed by atoms with Crippen LogP contribution in [-0.4, -0.2) is 42.5 Å². The summed E-state index contributed by atoms with van der Waals surface area (Å²) >= 11 is 5.94. The van der Waals surface area contributed by atoms with Gasteiger partial charge in [-0.2, -0.15) is 0 Å². The number of halogens is 1. The van der Waals surface area contributed by atoms with Gasteiger partial charge in [0.25, 0.3) is 0 Å². The summed E-state index contributed by atoms with van der Waals surface area (Å²) < 4.78 is 8.95. The SMILES string of the molecule is COC(=O)CC(O)C(O)c1cc(C(=O)OC)c(N)cc1Cl. The minimum absolute atomic E-state index is 0.00113. The number of benzene rings is 1. The first kappa shape index (κ1) is 17.2. The van der Waals surface area contributed by atoms with Gasteiger partial charge in [0.2, 0.25) is 0 Å². The number of nitrogen functional groups attached to an aromatic ring is 1. The maximum absolute atomic E-state index is 11.6. The van der Waals surface area contributed by atoms with Gasteiger partial charge in [-0.25, -0.2) is 4.79 Å². The van der Waals surface area contributed by atoms with Crippen molar-refractivity contribution in [2.45, 2.75) is 18.6 Å². The quantitative estimate of drug-likeness (QED) is 0.539. The Bertz CT molecular complexity index is 548. The number of nitrogens with two attached hydrogens (primary N) is 1. The Labute approximate surface area is 126 Å². The van der Waals surface area contributed by atoms with Crippen LogP contribution in [0.1, 0.15) is 28.4 Å². The number of anilines is 1. The largest absolute Gasteiger partial charge is 0.469 e. The zero-order valence-corrected chi connectivity index (χ0v) is 12.3. The zero-order chi connectivity index (χ0) is 16.2. The number of hydrogen-bond acceptors (Lipinski definition) is 7. The van der Waals surface area contributed by atoms with Crippen molar-refractivity contribution in [2.75, 3.05) is 20.0 Å². The van der Waals surface area contributed by atoms with E-state index >= 15 is 0 Å². The number of rotatable bonds is 5. The van der Waals surface area contributed by atoms with Crippen LogP contribution in [0.25, 0.3) is 0 Å². The number of methoxy groups -OCH3 is 2. The van der Waals surface area contributed by atoms with Crippen molar-refractivity contribution in [1.82, 2.24) is 0 Å². The van der Waals surface area contributed by atoms with E-state index in [1.165, 1.54) is 19.2 Å². The molecule has 0 aliphatic rings. The lowest BCUT2D eigenvalue weighted by Gasteiger charge is -2.19. The maximum Gasteiger partial charge on any atom is 0.339 e. The molecule has 21 heavy (non-hydrogen) atoms. The highest BCUT2D eigenvalue weighted by atomic mass is 35.5. The Kier molecular flexibility index (Phi) is 5.95. The third kappa shape index (κ3) is 4.07. The van der Waals surface area contributed by atoms with Gasteiger partial charge in [0, 0.05) is 16.3 Å². The fraction of sp³-hybridized carbons (Fsp3) is 0.385.